The van der Waals surface area contributed by atoms with E-state index >= 15 is 0 Å². The van der Waals surface area contributed by atoms with Crippen molar-refractivity contribution in [1.82, 2.24) is 0 Å². The van der Waals surface area contributed by atoms with Crippen molar-refractivity contribution >= 4 is 40.9 Å². The van der Waals surface area contributed by atoms with Gasteiger partial charge in [-0.15, -0.1) is 0 Å². The Labute approximate surface area is 197 Å². The van der Waals surface area contributed by atoms with E-state index in [1.807, 2.05) is 6.92 Å². The van der Waals surface area contributed by atoms with Crippen LogP contribution in [0.3, 0.4) is 0 Å². The standard InChI is InChI=1S/C25H26ClNO6/c1-3-4-13-32-24(30)18-7-11-21(12-8-18)27-15-19(14-22(27)28)25(31)33-16(2)23(29)17-5-9-20(26)10-6-17/h5-12,16,19H,3-4,13-15H2,1-2H3/t16-,19+/m0/s1. The fraction of sp³-hybridized carbons (Fsp3) is 0.360. The molecule has 0 aromatic heterocycles. The number of ether oxygens (including phenoxy) is 2. The first kappa shape index (κ1) is 24.5. The Balaban J connectivity index is 1.57. The summed E-state index contributed by atoms with van der Waals surface area (Å²) in [7, 11) is 0. The van der Waals surface area contributed by atoms with Crippen molar-refractivity contribution < 1.29 is 28.7 Å². The molecule has 1 heterocycles. The second kappa shape index (κ2) is 11.1. The number of amides is 1. The Hall–Kier alpha value is -3.19. The highest BCUT2D eigenvalue weighted by molar-refractivity contribution is 6.30. The molecule has 7 nitrogen and oxygen atoms in total. The number of rotatable bonds is 9. The van der Waals surface area contributed by atoms with Crippen LogP contribution >= 0.6 is 11.6 Å². The average Bonchev–Trinajstić information content (AvgIpc) is 3.21. The van der Waals surface area contributed by atoms with Crippen LogP contribution in [0.1, 0.15) is 53.8 Å². The molecule has 1 fully saturated rings. The van der Waals surface area contributed by atoms with Gasteiger partial charge in [0.15, 0.2) is 6.10 Å². The number of ketones is 1. The van der Waals surface area contributed by atoms with Gasteiger partial charge in [-0.1, -0.05) is 24.9 Å². The van der Waals surface area contributed by atoms with Crippen LogP contribution in [0.4, 0.5) is 5.69 Å². The van der Waals surface area contributed by atoms with Gasteiger partial charge in [0, 0.05) is 29.2 Å². The van der Waals surface area contributed by atoms with Crippen LogP contribution < -0.4 is 4.90 Å². The van der Waals surface area contributed by atoms with Gasteiger partial charge in [-0.3, -0.25) is 14.4 Å². The molecule has 0 unspecified atom stereocenters. The molecule has 1 aliphatic heterocycles. The highest BCUT2D eigenvalue weighted by Gasteiger charge is 2.37. The Bertz CT molecular complexity index is 1020. The van der Waals surface area contributed by atoms with Crippen LogP contribution in [0.15, 0.2) is 48.5 Å². The fourth-order valence-corrected chi connectivity index (χ4v) is 3.58. The number of hydrogen-bond acceptors (Lipinski definition) is 6. The maximum Gasteiger partial charge on any atom is 0.338 e. The zero-order chi connectivity index (χ0) is 24.0. The van der Waals surface area contributed by atoms with Crippen molar-refractivity contribution in [2.75, 3.05) is 18.1 Å². The quantitative estimate of drug-likeness (QED) is 0.304. The zero-order valence-electron chi connectivity index (χ0n) is 18.6. The van der Waals surface area contributed by atoms with Gasteiger partial charge in [0.2, 0.25) is 11.7 Å². The minimum Gasteiger partial charge on any atom is -0.462 e. The first-order chi connectivity index (χ1) is 15.8. The average molecular weight is 472 g/mol. The number of carbonyl (C=O) groups excluding carboxylic acids is 4. The molecule has 0 spiro atoms. The van der Waals surface area contributed by atoms with E-state index in [4.69, 9.17) is 21.1 Å². The number of carbonyl (C=O) groups is 4. The molecule has 1 aliphatic rings. The van der Waals surface area contributed by atoms with Crippen molar-refractivity contribution in [3.63, 3.8) is 0 Å². The first-order valence-electron chi connectivity index (χ1n) is 10.9. The SMILES string of the molecule is CCCCOC(=O)c1ccc(N2C[C@H](C(=O)O[C@@H](C)C(=O)c3ccc(Cl)cc3)CC2=O)cc1. The molecule has 33 heavy (non-hydrogen) atoms. The topological polar surface area (TPSA) is 90.0 Å². The molecule has 8 heteroatoms. The van der Waals surface area contributed by atoms with Gasteiger partial charge < -0.3 is 14.4 Å². The lowest BCUT2D eigenvalue weighted by Gasteiger charge is -2.18. The van der Waals surface area contributed by atoms with E-state index in [0.29, 0.717) is 28.4 Å². The van der Waals surface area contributed by atoms with E-state index in [2.05, 4.69) is 0 Å². The van der Waals surface area contributed by atoms with E-state index < -0.39 is 24.0 Å². The largest absolute Gasteiger partial charge is 0.462 e. The predicted molar refractivity (Wildman–Crippen MR) is 123 cm³/mol. The fourth-order valence-electron chi connectivity index (χ4n) is 3.46. The molecule has 3 rings (SSSR count). The number of halogens is 1. The Kier molecular flexibility index (Phi) is 8.22. The normalized spacial score (nSPS) is 16.4. The molecule has 0 saturated carbocycles. The van der Waals surface area contributed by atoms with Gasteiger partial charge in [-0.2, -0.15) is 0 Å². The molecule has 174 valence electrons. The van der Waals surface area contributed by atoms with Gasteiger partial charge >= 0.3 is 11.9 Å². The monoisotopic (exact) mass is 471 g/mol. The van der Waals surface area contributed by atoms with Crippen molar-refractivity contribution in [2.45, 2.75) is 39.2 Å². The van der Waals surface area contributed by atoms with E-state index in [-0.39, 0.29) is 24.7 Å². The molecule has 2 atom stereocenters. The van der Waals surface area contributed by atoms with Crippen molar-refractivity contribution in [3.05, 3.63) is 64.7 Å². The van der Waals surface area contributed by atoms with Crippen LogP contribution in [-0.4, -0.2) is 42.9 Å². The third-order valence-electron chi connectivity index (χ3n) is 5.39. The third-order valence-corrected chi connectivity index (χ3v) is 5.65. The van der Waals surface area contributed by atoms with Crippen LogP contribution in [0.5, 0.6) is 0 Å². The summed E-state index contributed by atoms with van der Waals surface area (Å²) >= 11 is 5.84. The lowest BCUT2D eigenvalue weighted by Crippen LogP contribution is -2.30. The van der Waals surface area contributed by atoms with Gasteiger partial charge in [-0.05, 0) is 61.9 Å². The van der Waals surface area contributed by atoms with E-state index in [1.165, 1.54) is 11.8 Å². The van der Waals surface area contributed by atoms with E-state index in [0.717, 1.165) is 12.8 Å². The highest BCUT2D eigenvalue weighted by Crippen LogP contribution is 2.27. The maximum atomic E-state index is 12.6. The molecule has 2 aromatic carbocycles. The Morgan fingerprint density at radius 3 is 2.33 bits per heavy atom. The van der Waals surface area contributed by atoms with Gasteiger partial charge in [0.1, 0.15) is 0 Å². The Morgan fingerprint density at radius 2 is 1.70 bits per heavy atom. The summed E-state index contributed by atoms with van der Waals surface area (Å²) in [6, 6.07) is 12.8. The summed E-state index contributed by atoms with van der Waals surface area (Å²) in [6.45, 7) is 4.02. The van der Waals surface area contributed by atoms with Gasteiger partial charge in [-0.25, -0.2) is 4.79 Å². The molecular weight excluding hydrogens is 446 g/mol. The second-order valence-corrected chi connectivity index (χ2v) is 8.33. The zero-order valence-corrected chi connectivity index (χ0v) is 19.3. The number of unbranched alkanes of at least 4 members (excludes halogenated alkanes) is 1. The lowest BCUT2D eigenvalue weighted by molar-refractivity contribution is -0.151. The number of anilines is 1. The molecule has 1 amide bonds. The predicted octanol–water partition coefficient (Wildman–Crippen LogP) is 4.46. The summed E-state index contributed by atoms with van der Waals surface area (Å²) in [5, 5.41) is 0.502. The van der Waals surface area contributed by atoms with Crippen molar-refractivity contribution in [2.24, 2.45) is 5.92 Å². The van der Waals surface area contributed by atoms with Crippen LogP contribution in [0.25, 0.3) is 0 Å². The summed E-state index contributed by atoms with van der Waals surface area (Å²) in [4.78, 5) is 51.1. The first-order valence-corrected chi connectivity index (χ1v) is 11.3. The maximum absolute atomic E-state index is 12.6. The summed E-state index contributed by atoms with van der Waals surface area (Å²) in [5.41, 5.74) is 1.36. The minimum atomic E-state index is -0.985. The summed E-state index contributed by atoms with van der Waals surface area (Å²) < 4.78 is 10.5. The molecule has 0 aliphatic carbocycles. The minimum absolute atomic E-state index is 0.0124. The number of benzene rings is 2. The van der Waals surface area contributed by atoms with Crippen LogP contribution in [0, 0.1) is 5.92 Å². The molecule has 2 aromatic rings. The number of nitrogens with zero attached hydrogens (tertiary/aromatic N) is 1. The van der Waals surface area contributed by atoms with Gasteiger partial charge in [0.25, 0.3) is 0 Å². The lowest BCUT2D eigenvalue weighted by atomic mass is 10.1. The third kappa shape index (κ3) is 6.20. The second-order valence-electron chi connectivity index (χ2n) is 7.89. The highest BCUT2D eigenvalue weighted by atomic mass is 35.5. The van der Waals surface area contributed by atoms with E-state index in [9.17, 15) is 19.2 Å². The number of esters is 2. The summed E-state index contributed by atoms with van der Waals surface area (Å²) in [5.74, 6) is -2.27. The smallest absolute Gasteiger partial charge is 0.338 e. The van der Waals surface area contributed by atoms with Crippen LogP contribution in [-0.2, 0) is 19.1 Å². The van der Waals surface area contributed by atoms with Crippen molar-refractivity contribution in [1.29, 1.82) is 0 Å². The Morgan fingerprint density at radius 1 is 1.06 bits per heavy atom. The van der Waals surface area contributed by atoms with Crippen molar-refractivity contribution in [3.8, 4) is 0 Å². The van der Waals surface area contributed by atoms with Gasteiger partial charge in [0.05, 0.1) is 18.1 Å². The number of hydrogen-bond donors (Lipinski definition) is 0. The summed E-state index contributed by atoms with van der Waals surface area (Å²) in [6.07, 6.45) is 0.733. The molecule has 0 radical (unpaired) electrons. The van der Waals surface area contributed by atoms with Crippen LogP contribution in [0.2, 0.25) is 5.02 Å². The number of Topliss-reactive ketones (excluding diaryl/α,β-unsaturated/α-hetero) is 1. The molecular formula is C25H26ClNO6. The molecule has 1 saturated heterocycles. The van der Waals surface area contributed by atoms with E-state index in [1.54, 1.807) is 48.5 Å². The molecule has 0 bridgehead atoms. The molecule has 0 N–H and O–H groups in total.